The number of rotatable bonds is 5. The summed E-state index contributed by atoms with van der Waals surface area (Å²) in [6.45, 7) is 0. The maximum atomic E-state index is 9.76. The van der Waals surface area contributed by atoms with Gasteiger partial charge in [0.05, 0.1) is 0 Å². The molecule has 0 aliphatic carbocycles. The summed E-state index contributed by atoms with van der Waals surface area (Å²) < 4.78 is 0. The summed E-state index contributed by atoms with van der Waals surface area (Å²) in [7, 11) is 2.68. The molecule has 0 heterocycles. The Balaban J connectivity index is 2.62. The van der Waals surface area contributed by atoms with Crippen LogP contribution in [0.5, 0.6) is 0 Å². The summed E-state index contributed by atoms with van der Waals surface area (Å²) in [5.74, 6) is 0. The van der Waals surface area contributed by atoms with Gasteiger partial charge in [-0.25, -0.2) is 0 Å². The lowest BCUT2D eigenvalue weighted by atomic mass is 10.2. The molecule has 8 heavy (non-hydrogen) atoms. The number of hydrogen-bond donors (Lipinski definition) is 0. The first-order valence-corrected chi connectivity index (χ1v) is 3.87. The van der Waals surface area contributed by atoms with E-state index in [1.807, 2.05) is 0 Å². The van der Waals surface area contributed by atoms with Gasteiger partial charge in [-0.15, -0.1) is 9.24 Å². The van der Waals surface area contributed by atoms with E-state index >= 15 is 0 Å². The molecule has 1 nitrogen and oxygen atoms in total. The van der Waals surface area contributed by atoms with Crippen molar-refractivity contribution in [2.45, 2.75) is 25.7 Å². The number of hydrogen-bond acceptors (Lipinski definition) is 1. The molecule has 0 N–H and O–H groups in total. The van der Waals surface area contributed by atoms with Gasteiger partial charge in [0.15, 0.2) is 0 Å². The zero-order valence-corrected chi connectivity index (χ0v) is 6.25. The van der Waals surface area contributed by atoms with E-state index in [0.29, 0.717) is 0 Å². The minimum atomic E-state index is 0.741. The quantitative estimate of drug-likeness (QED) is 0.315. The summed E-state index contributed by atoms with van der Waals surface area (Å²) in [4.78, 5) is 9.76. The molecule has 0 radical (unpaired) electrons. The second-order valence-corrected chi connectivity index (χ2v) is 2.38. The smallest absolute Gasteiger partial charge is 0.119 e. The lowest BCUT2D eigenvalue weighted by Crippen LogP contribution is -1.78. The van der Waals surface area contributed by atoms with Crippen molar-refractivity contribution in [1.82, 2.24) is 0 Å². The van der Waals surface area contributed by atoms with Crippen LogP contribution in [0.4, 0.5) is 0 Å². The lowest BCUT2D eigenvalue weighted by Gasteiger charge is -1.90. The highest BCUT2D eigenvalue weighted by Crippen LogP contribution is 1.99. The second kappa shape index (κ2) is 7.10. The van der Waals surface area contributed by atoms with Crippen molar-refractivity contribution in [1.29, 1.82) is 0 Å². The maximum absolute atomic E-state index is 9.76. The third kappa shape index (κ3) is 6.10. The molecule has 1 unspecified atom stereocenters. The Morgan fingerprint density at radius 2 is 2.00 bits per heavy atom. The largest absolute Gasteiger partial charge is 0.303 e. The van der Waals surface area contributed by atoms with Gasteiger partial charge in [0.25, 0.3) is 0 Å². The highest BCUT2D eigenvalue weighted by Gasteiger charge is 1.83. The van der Waals surface area contributed by atoms with Gasteiger partial charge in [0.2, 0.25) is 0 Å². The van der Waals surface area contributed by atoms with Crippen molar-refractivity contribution in [2.75, 3.05) is 6.16 Å². The molecule has 0 spiro atoms. The molecule has 2 heteroatoms. The van der Waals surface area contributed by atoms with E-state index < -0.39 is 0 Å². The van der Waals surface area contributed by atoms with Gasteiger partial charge in [0, 0.05) is 6.42 Å². The second-order valence-electron chi connectivity index (χ2n) is 1.80. The molecule has 0 bridgehead atoms. The van der Waals surface area contributed by atoms with Crippen LogP contribution in [-0.2, 0) is 4.79 Å². The fraction of sp³-hybridized carbons (Fsp3) is 0.833. The molecule has 0 amide bonds. The first-order valence-electron chi connectivity index (χ1n) is 3.05. The minimum absolute atomic E-state index is 0.741. The maximum Gasteiger partial charge on any atom is 0.119 e. The lowest BCUT2D eigenvalue weighted by molar-refractivity contribution is -0.107. The van der Waals surface area contributed by atoms with Gasteiger partial charge in [-0.1, -0.05) is 6.42 Å². The summed E-state index contributed by atoms with van der Waals surface area (Å²) in [6.07, 6.45) is 6.39. The van der Waals surface area contributed by atoms with Crippen LogP contribution in [-0.4, -0.2) is 12.4 Å². The van der Waals surface area contributed by atoms with Gasteiger partial charge < -0.3 is 4.79 Å². The molecule has 0 saturated heterocycles. The van der Waals surface area contributed by atoms with E-state index in [-0.39, 0.29) is 0 Å². The summed E-state index contributed by atoms with van der Waals surface area (Å²) in [5.41, 5.74) is 0. The van der Waals surface area contributed by atoms with E-state index in [0.717, 1.165) is 19.1 Å². The number of aldehydes is 1. The molecule has 1 atom stereocenters. The summed E-state index contributed by atoms with van der Waals surface area (Å²) in [6, 6.07) is 0. The number of carbonyl (C=O) groups is 1. The Hall–Kier alpha value is 0.100. The SMILES string of the molecule is O=CCCCCCP. The van der Waals surface area contributed by atoms with E-state index in [4.69, 9.17) is 0 Å². The molecular weight excluding hydrogens is 119 g/mol. The summed E-state index contributed by atoms with van der Waals surface area (Å²) >= 11 is 0. The highest BCUT2D eigenvalue weighted by atomic mass is 31.0. The normalized spacial score (nSPS) is 9.12. The van der Waals surface area contributed by atoms with Gasteiger partial charge in [-0.2, -0.15) is 0 Å². The van der Waals surface area contributed by atoms with Crippen molar-refractivity contribution in [3.8, 4) is 0 Å². The van der Waals surface area contributed by atoms with Crippen molar-refractivity contribution < 1.29 is 4.79 Å². The first-order chi connectivity index (χ1) is 3.91. The van der Waals surface area contributed by atoms with Gasteiger partial charge in [0.1, 0.15) is 6.29 Å². The predicted octanol–water partition coefficient (Wildman–Crippen LogP) is 1.62. The van der Waals surface area contributed by atoms with Crippen LogP contribution in [0, 0.1) is 0 Å². The van der Waals surface area contributed by atoms with E-state index in [9.17, 15) is 4.79 Å². The Kier molecular flexibility index (Phi) is 7.19. The van der Waals surface area contributed by atoms with Crippen molar-refractivity contribution in [3.63, 3.8) is 0 Å². The van der Waals surface area contributed by atoms with Gasteiger partial charge in [-0.3, -0.25) is 0 Å². The van der Waals surface area contributed by atoms with Crippen LogP contribution in [0.15, 0.2) is 0 Å². The molecule has 0 aliphatic heterocycles. The zero-order valence-electron chi connectivity index (χ0n) is 5.10. The average Bonchev–Trinajstić information content (AvgIpc) is 1.81. The molecular formula is C6H13OP. The molecule has 0 rings (SSSR count). The number of unbranched alkanes of at least 4 members (excludes halogenated alkanes) is 3. The van der Waals surface area contributed by atoms with E-state index in [1.54, 1.807) is 0 Å². The third-order valence-electron chi connectivity index (χ3n) is 1.03. The molecule has 48 valence electrons. The number of carbonyl (C=O) groups excluding carboxylic acids is 1. The first kappa shape index (κ1) is 8.10. The fourth-order valence-electron chi connectivity index (χ4n) is 0.549. The van der Waals surface area contributed by atoms with E-state index in [2.05, 4.69) is 9.24 Å². The van der Waals surface area contributed by atoms with Crippen LogP contribution in [0.25, 0.3) is 0 Å². The Labute approximate surface area is 53.1 Å². The van der Waals surface area contributed by atoms with Crippen molar-refractivity contribution >= 4 is 15.5 Å². The Morgan fingerprint density at radius 1 is 1.25 bits per heavy atom. The Morgan fingerprint density at radius 3 is 2.50 bits per heavy atom. The topological polar surface area (TPSA) is 17.1 Å². The molecule has 0 fully saturated rings. The molecule has 0 aromatic rings. The molecule has 0 aromatic heterocycles. The van der Waals surface area contributed by atoms with Crippen LogP contribution in [0.2, 0.25) is 0 Å². The van der Waals surface area contributed by atoms with E-state index in [1.165, 1.54) is 19.0 Å². The van der Waals surface area contributed by atoms with Gasteiger partial charge in [-0.05, 0) is 19.0 Å². The van der Waals surface area contributed by atoms with Crippen molar-refractivity contribution in [3.05, 3.63) is 0 Å². The van der Waals surface area contributed by atoms with Crippen LogP contribution in [0.3, 0.4) is 0 Å². The molecule has 0 saturated carbocycles. The minimum Gasteiger partial charge on any atom is -0.303 e. The summed E-state index contributed by atoms with van der Waals surface area (Å²) in [5, 5.41) is 0. The van der Waals surface area contributed by atoms with Crippen LogP contribution >= 0.6 is 9.24 Å². The monoisotopic (exact) mass is 132 g/mol. The third-order valence-corrected chi connectivity index (χ3v) is 1.43. The molecule has 0 aromatic carbocycles. The zero-order chi connectivity index (χ0) is 6.24. The fourth-order valence-corrected chi connectivity index (χ4v) is 0.837. The van der Waals surface area contributed by atoms with Gasteiger partial charge >= 0.3 is 0 Å². The van der Waals surface area contributed by atoms with Crippen molar-refractivity contribution in [2.24, 2.45) is 0 Å². The Bertz CT molecular complexity index is 54.5. The highest BCUT2D eigenvalue weighted by molar-refractivity contribution is 7.16. The average molecular weight is 132 g/mol. The standard InChI is InChI=1S/C6H13OP/c7-5-3-1-2-4-6-8/h5H,1-4,6,8H2. The predicted molar refractivity (Wildman–Crippen MR) is 39.1 cm³/mol. The molecule has 0 aliphatic rings. The van der Waals surface area contributed by atoms with Crippen LogP contribution in [0.1, 0.15) is 25.7 Å². The van der Waals surface area contributed by atoms with Crippen LogP contribution < -0.4 is 0 Å².